The topological polar surface area (TPSA) is 70.7 Å². The number of amides is 1. The molecule has 72 valence electrons. The third-order valence-corrected chi connectivity index (χ3v) is 1.08. The van der Waals surface area contributed by atoms with Crippen LogP contribution < -0.4 is 5.32 Å². The highest BCUT2D eigenvalue weighted by atomic mass is 19.4. The molecule has 0 saturated heterocycles. The van der Waals surface area contributed by atoms with Crippen molar-refractivity contribution >= 4 is 5.91 Å². The Kier molecular flexibility index (Phi) is 2.49. The highest BCUT2D eigenvalue weighted by Gasteiger charge is 2.28. The van der Waals surface area contributed by atoms with Gasteiger partial charge < -0.3 is 10.3 Å². The SMILES string of the molecule is O=C(NCC(F)(F)F)c1nnc[nH]1. The van der Waals surface area contributed by atoms with Crippen LogP contribution in [0.5, 0.6) is 0 Å². The van der Waals surface area contributed by atoms with Crippen LogP contribution in [0.25, 0.3) is 0 Å². The van der Waals surface area contributed by atoms with E-state index in [1.807, 2.05) is 0 Å². The summed E-state index contributed by atoms with van der Waals surface area (Å²) in [5, 5.41) is 8.10. The molecule has 0 spiro atoms. The molecule has 2 N–H and O–H groups in total. The maximum absolute atomic E-state index is 11.6. The first-order valence-corrected chi connectivity index (χ1v) is 3.20. The smallest absolute Gasteiger partial charge is 0.340 e. The predicted octanol–water partition coefficient (Wildman–Crippen LogP) is 0.0968. The minimum atomic E-state index is -4.42. The van der Waals surface area contributed by atoms with E-state index in [-0.39, 0.29) is 5.82 Å². The molecule has 0 bridgehead atoms. The number of carbonyl (C=O) groups is 1. The molecule has 1 heterocycles. The van der Waals surface area contributed by atoms with Crippen molar-refractivity contribution in [3.63, 3.8) is 0 Å². The molecule has 8 heteroatoms. The number of carbonyl (C=O) groups excluding carboxylic acids is 1. The molecule has 1 amide bonds. The number of H-pyrrole nitrogens is 1. The van der Waals surface area contributed by atoms with Crippen LogP contribution in [0.4, 0.5) is 13.2 Å². The van der Waals surface area contributed by atoms with E-state index in [1.54, 1.807) is 5.32 Å². The summed E-state index contributed by atoms with van der Waals surface area (Å²) in [5.41, 5.74) is 0. The number of alkyl halides is 3. The van der Waals surface area contributed by atoms with Crippen molar-refractivity contribution in [3.05, 3.63) is 12.2 Å². The van der Waals surface area contributed by atoms with Gasteiger partial charge in [-0.25, -0.2) is 0 Å². The van der Waals surface area contributed by atoms with Crippen LogP contribution in [0, 0.1) is 0 Å². The standard InChI is InChI=1S/C5H5F3N4O/c6-5(7,8)1-9-4(13)3-10-2-11-12-3/h2H,1H2,(H,9,13)(H,10,11,12). The fourth-order valence-corrected chi connectivity index (χ4v) is 0.581. The predicted molar refractivity (Wildman–Crippen MR) is 34.8 cm³/mol. The molecule has 1 rings (SSSR count). The summed E-state index contributed by atoms with van der Waals surface area (Å²) in [7, 11) is 0. The zero-order chi connectivity index (χ0) is 9.90. The summed E-state index contributed by atoms with van der Waals surface area (Å²) in [4.78, 5) is 13.1. The van der Waals surface area contributed by atoms with Gasteiger partial charge in [-0.2, -0.15) is 13.2 Å². The Morgan fingerprint density at radius 3 is 2.77 bits per heavy atom. The van der Waals surface area contributed by atoms with Gasteiger partial charge in [-0.3, -0.25) is 4.79 Å². The second-order valence-corrected chi connectivity index (χ2v) is 2.14. The lowest BCUT2D eigenvalue weighted by atomic mass is 10.5. The molecule has 0 fully saturated rings. The van der Waals surface area contributed by atoms with E-state index in [9.17, 15) is 18.0 Å². The molecule has 1 aromatic heterocycles. The fourth-order valence-electron chi connectivity index (χ4n) is 0.581. The van der Waals surface area contributed by atoms with Gasteiger partial charge in [-0.05, 0) is 0 Å². The summed E-state index contributed by atoms with van der Waals surface area (Å²) in [6.07, 6.45) is -3.32. The van der Waals surface area contributed by atoms with Crippen molar-refractivity contribution in [3.8, 4) is 0 Å². The first-order valence-electron chi connectivity index (χ1n) is 3.20. The van der Waals surface area contributed by atoms with Crippen LogP contribution in [0.2, 0.25) is 0 Å². The lowest BCUT2D eigenvalue weighted by molar-refractivity contribution is -0.123. The average Bonchev–Trinajstić information content (AvgIpc) is 2.50. The van der Waals surface area contributed by atoms with Gasteiger partial charge in [-0.1, -0.05) is 0 Å². The monoisotopic (exact) mass is 194 g/mol. The highest BCUT2D eigenvalue weighted by Crippen LogP contribution is 2.12. The van der Waals surface area contributed by atoms with Gasteiger partial charge in [0.05, 0.1) is 0 Å². The molecule has 0 aliphatic carbocycles. The lowest BCUT2D eigenvalue weighted by Crippen LogP contribution is -2.34. The largest absolute Gasteiger partial charge is 0.405 e. The van der Waals surface area contributed by atoms with Crippen LogP contribution in [0.3, 0.4) is 0 Å². The Bertz CT molecular complexity index is 280. The summed E-state index contributed by atoms with van der Waals surface area (Å²) >= 11 is 0. The molecule has 0 aliphatic heterocycles. The molecule has 1 aromatic rings. The Hall–Kier alpha value is -1.60. The van der Waals surface area contributed by atoms with E-state index < -0.39 is 18.6 Å². The number of rotatable bonds is 2. The minimum absolute atomic E-state index is 0.246. The van der Waals surface area contributed by atoms with E-state index in [0.717, 1.165) is 6.33 Å². The van der Waals surface area contributed by atoms with Crippen LogP contribution in [-0.2, 0) is 0 Å². The second kappa shape index (κ2) is 3.42. The van der Waals surface area contributed by atoms with Gasteiger partial charge in [0.2, 0.25) is 5.82 Å². The quantitative estimate of drug-likeness (QED) is 0.701. The molecule has 0 saturated carbocycles. The van der Waals surface area contributed by atoms with Gasteiger partial charge in [0.1, 0.15) is 12.9 Å². The zero-order valence-electron chi connectivity index (χ0n) is 6.22. The highest BCUT2D eigenvalue weighted by molar-refractivity contribution is 5.90. The van der Waals surface area contributed by atoms with E-state index in [0.29, 0.717) is 0 Å². The van der Waals surface area contributed by atoms with Crippen LogP contribution in [0.15, 0.2) is 6.33 Å². The normalized spacial score (nSPS) is 11.3. The van der Waals surface area contributed by atoms with E-state index in [2.05, 4.69) is 15.2 Å². The third kappa shape index (κ3) is 3.09. The van der Waals surface area contributed by atoms with Crippen LogP contribution >= 0.6 is 0 Å². The summed E-state index contributed by atoms with van der Waals surface area (Å²) in [6.45, 7) is -1.38. The van der Waals surface area contributed by atoms with Crippen molar-refractivity contribution in [1.29, 1.82) is 0 Å². The maximum atomic E-state index is 11.6. The van der Waals surface area contributed by atoms with Crippen molar-refractivity contribution < 1.29 is 18.0 Å². The Morgan fingerprint density at radius 2 is 2.31 bits per heavy atom. The zero-order valence-corrected chi connectivity index (χ0v) is 6.22. The van der Waals surface area contributed by atoms with Gasteiger partial charge in [0.15, 0.2) is 0 Å². The minimum Gasteiger partial charge on any atom is -0.340 e. The fraction of sp³-hybridized carbons (Fsp3) is 0.400. The number of nitrogens with one attached hydrogen (secondary N) is 2. The van der Waals surface area contributed by atoms with E-state index in [4.69, 9.17) is 0 Å². The van der Waals surface area contributed by atoms with Gasteiger partial charge in [-0.15, -0.1) is 10.2 Å². The van der Waals surface area contributed by atoms with Gasteiger partial charge in [0, 0.05) is 0 Å². The molecule has 13 heavy (non-hydrogen) atoms. The maximum Gasteiger partial charge on any atom is 0.405 e. The van der Waals surface area contributed by atoms with Crippen LogP contribution in [0.1, 0.15) is 10.6 Å². The van der Waals surface area contributed by atoms with Crippen molar-refractivity contribution in [2.24, 2.45) is 0 Å². The van der Waals surface area contributed by atoms with Crippen molar-refractivity contribution in [1.82, 2.24) is 20.5 Å². The molecular formula is C5H5F3N4O. The first kappa shape index (κ1) is 9.49. The molecule has 0 radical (unpaired) electrons. The summed E-state index contributed by atoms with van der Waals surface area (Å²) in [6, 6.07) is 0. The van der Waals surface area contributed by atoms with Crippen LogP contribution in [-0.4, -0.2) is 33.8 Å². The van der Waals surface area contributed by atoms with E-state index in [1.165, 1.54) is 0 Å². The molecule has 5 nitrogen and oxygen atoms in total. The second-order valence-electron chi connectivity index (χ2n) is 2.14. The Labute approximate surface area is 70.4 Å². The average molecular weight is 194 g/mol. The summed E-state index contributed by atoms with van der Waals surface area (Å²) < 4.78 is 34.8. The number of hydrogen-bond donors (Lipinski definition) is 2. The Balaban J connectivity index is 2.44. The molecule has 0 unspecified atom stereocenters. The lowest BCUT2D eigenvalue weighted by Gasteiger charge is -2.05. The molecular weight excluding hydrogens is 189 g/mol. The number of halogens is 3. The molecule has 0 aliphatic rings. The first-order chi connectivity index (χ1) is 5.99. The van der Waals surface area contributed by atoms with Crippen molar-refractivity contribution in [2.45, 2.75) is 6.18 Å². The third-order valence-electron chi connectivity index (χ3n) is 1.08. The van der Waals surface area contributed by atoms with Gasteiger partial charge >= 0.3 is 6.18 Å². The Morgan fingerprint density at radius 1 is 1.62 bits per heavy atom. The number of aromatic amines is 1. The summed E-state index contributed by atoms with van der Waals surface area (Å²) in [5.74, 6) is -1.18. The molecule has 0 aromatic carbocycles. The van der Waals surface area contributed by atoms with Crippen molar-refractivity contribution in [2.75, 3.05) is 6.54 Å². The number of aromatic nitrogens is 3. The number of nitrogens with zero attached hydrogens (tertiary/aromatic N) is 2. The van der Waals surface area contributed by atoms with Gasteiger partial charge in [0.25, 0.3) is 5.91 Å². The molecule has 0 atom stereocenters. The number of hydrogen-bond acceptors (Lipinski definition) is 3. The van der Waals surface area contributed by atoms with E-state index >= 15 is 0 Å².